The molecular weight excluding hydrogens is 713 g/mol. The zero-order valence-electron chi connectivity index (χ0n) is 30.8. The lowest BCUT2D eigenvalue weighted by molar-refractivity contribution is 1.11. The fraction of sp³-hybridized carbons (Fsp3) is 0. The highest BCUT2D eigenvalue weighted by Crippen LogP contribution is 2.31. The van der Waals surface area contributed by atoms with Crippen LogP contribution in [0, 0.1) is 0 Å². The first-order chi connectivity index (χ1) is 28.3. The second-order valence-corrected chi connectivity index (χ2v) is 18.5. The van der Waals surface area contributed by atoms with E-state index in [0.29, 0.717) is 0 Å². The van der Waals surface area contributed by atoms with E-state index in [0.717, 1.165) is 67.1 Å². The van der Waals surface area contributed by atoms with E-state index < -0.39 is 8.07 Å². The Morgan fingerprint density at radius 2 is 0.649 bits per heavy atom. The Kier molecular flexibility index (Phi) is 6.85. The maximum Gasteiger partial charge on any atom is 0.220 e. The first kappa shape index (κ1) is 31.8. The number of hydrogen-bond acceptors (Lipinski definition) is 2. The third-order valence-corrected chi connectivity index (χ3v) is 16.5. The van der Waals surface area contributed by atoms with Crippen molar-refractivity contribution in [3.8, 4) is 11.4 Å². The molecule has 0 amide bonds. The fourth-order valence-electron chi connectivity index (χ4n) is 9.34. The van der Waals surface area contributed by atoms with E-state index >= 15 is 0 Å². The predicted octanol–water partition coefficient (Wildman–Crippen LogP) is 8.55. The molecule has 7 heteroatoms. The second-order valence-electron chi connectivity index (χ2n) is 14.7. The number of para-hydroxylation sites is 8. The van der Waals surface area contributed by atoms with Gasteiger partial charge in [0.15, 0.2) is 8.07 Å². The summed E-state index contributed by atoms with van der Waals surface area (Å²) in [6, 6.07) is 74.8. The molecule has 0 atom stereocenters. The van der Waals surface area contributed by atoms with Crippen LogP contribution in [0.25, 0.3) is 67.1 Å². The summed E-state index contributed by atoms with van der Waals surface area (Å²) in [6.07, 6.45) is 0. The van der Waals surface area contributed by atoms with Gasteiger partial charge in [0, 0.05) is 11.4 Å². The molecule has 0 aliphatic carbocycles. The molecule has 268 valence electrons. The minimum absolute atomic E-state index is 0.902. The van der Waals surface area contributed by atoms with Crippen LogP contribution in [0.4, 0.5) is 0 Å². The van der Waals surface area contributed by atoms with Gasteiger partial charge in [-0.05, 0) is 93.5 Å². The Balaban J connectivity index is 1.16. The highest BCUT2D eigenvalue weighted by molar-refractivity contribution is 7.20. The van der Waals surface area contributed by atoms with Gasteiger partial charge in [0.2, 0.25) is 11.6 Å². The topological polar surface area (TPSA) is 44.5 Å². The van der Waals surface area contributed by atoms with E-state index in [-0.39, 0.29) is 0 Å². The highest BCUT2D eigenvalue weighted by Gasteiger charge is 2.42. The lowest BCUT2D eigenvalue weighted by Crippen LogP contribution is -2.74. The molecular formula is C50H34N6Si. The summed E-state index contributed by atoms with van der Waals surface area (Å²) in [4.78, 5) is 10.5. The summed E-state index contributed by atoms with van der Waals surface area (Å²) >= 11 is 0. The van der Waals surface area contributed by atoms with Gasteiger partial charge in [0.25, 0.3) is 0 Å². The number of fused-ring (bicyclic) bond motifs is 10. The molecule has 0 unspecified atom stereocenters. The monoisotopic (exact) mass is 746 g/mol. The zero-order chi connectivity index (χ0) is 37.5. The van der Waals surface area contributed by atoms with Crippen LogP contribution in [-0.2, 0) is 0 Å². The molecule has 0 N–H and O–H groups in total. The minimum atomic E-state index is -3.00. The van der Waals surface area contributed by atoms with Crippen molar-refractivity contribution < 1.29 is 0 Å². The SMILES string of the molecule is c1ccc([Si](c2ccccc2)(c2cccc(-n3c4ccccc4n4c5ccccc5nc34)c2)c2cccc(-n3c4ccccc4n4c5ccccc5nc34)c2)cc1. The van der Waals surface area contributed by atoms with Crippen LogP contribution in [0.15, 0.2) is 206 Å². The van der Waals surface area contributed by atoms with Gasteiger partial charge >= 0.3 is 0 Å². The molecule has 0 bridgehead atoms. The van der Waals surface area contributed by atoms with Crippen molar-refractivity contribution in [3.63, 3.8) is 0 Å². The quantitative estimate of drug-likeness (QED) is 0.127. The number of aromatic nitrogens is 6. The van der Waals surface area contributed by atoms with E-state index in [1.165, 1.54) is 20.7 Å². The van der Waals surface area contributed by atoms with Crippen LogP contribution in [0.3, 0.4) is 0 Å². The Morgan fingerprint density at radius 3 is 1.09 bits per heavy atom. The third-order valence-electron chi connectivity index (χ3n) is 11.7. The van der Waals surface area contributed by atoms with Gasteiger partial charge in [-0.3, -0.25) is 17.9 Å². The number of hydrogen-bond donors (Lipinski definition) is 0. The Morgan fingerprint density at radius 1 is 0.298 bits per heavy atom. The normalized spacial score (nSPS) is 12.2. The number of imidazole rings is 4. The number of benzene rings is 8. The van der Waals surface area contributed by atoms with Crippen LogP contribution in [-0.4, -0.2) is 36.0 Å². The summed E-state index contributed by atoms with van der Waals surface area (Å²) < 4.78 is 9.24. The molecule has 8 aromatic carbocycles. The molecule has 12 rings (SSSR count). The molecule has 12 aromatic rings. The van der Waals surface area contributed by atoms with Crippen molar-refractivity contribution in [3.05, 3.63) is 206 Å². The van der Waals surface area contributed by atoms with Gasteiger partial charge in [-0.2, -0.15) is 0 Å². The molecule has 0 fully saturated rings. The van der Waals surface area contributed by atoms with Gasteiger partial charge in [0.1, 0.15) is 0 Å². The van der Waals surface area contributed by atoms with E-state index in [4.69, 9.17) is 9.97 Å². The van der Waals surface area contributed by atoms with Crippen molar-refractivity contribution in [2.75, 3.05) is 0 Å². The smallest absolute Gasteiger partial charge is 0.220 e. The van der Waals surface area contributed by atoms with Crippen LogP contribution in [0.2, 0.25) is 0 Å². The molecule has 0 aliphatic heterocycles. The largest absolute Gasteiger partial charge is 0.278 e. The van der Waals surface area contributed by atoms with E-state index in [9.17, 15) is 0 Å². The molecule has 0 saturated heterocycles. The van der Waals surface area contributed by atoms with Crippen LogP contribution < -0.4 is 20.7 Å². The van der Waals surface area contributed by atoms with E-state index in [1.54, 1.807) is 0 Å². The van der Waals surface area contributed by atoms with Gasteiger partial charge in [0.05, 0.1) is 44.1 Å². The standard InChI is InChI=1S/C50H34N6Si/c1-3-19-37(20-4-1)57(38-21-5-2-6-22-38,39-23-15-17-35(33-39)53-45-29-11-13-31-47(45)55-43-27-9-7-25-41(43)51-49(53)55)40-24-16-18-36(34-40)54-46-30-12-14-32-48(46)56-44-28-10-8-26-42(44)52-50(54)56/h1-34H. The molecule has 0 spiro atoms. The lowest BCUT2D eigenvalue weighted by Gasteiger charge is -2.35. The van der Waals surface area contributed by atoms with Crippen LogP contribution in [0.1, 0.15) is 0 Å². The van der Waals surface area contributed by atoms with Gasteiger partial charge in [-0.15, -0.1) is 0 Å². The summed E-state index contributed by atoms with van der Waals surface area (Å²) in [5.41, 5.74) is 10.8. The number of nitrogens with zero attached hydrogens (tertiary/aromatic N) is 6. The minimum Gasteiger partial charge on any atom is -0.278 e. The summed E-state index contributed by atoms with van der Waals surface area (Å²) in [5, 5.41) is 5.20. The van der Waals surface area contributed by atoms with Gasteiger partial charge in [-0.1, -0.05) is 133 Å². The van der Waals surface area contributed by atoms with E-state index in [2.05, 4.69) is 224 Å². The summed E-state index contributed by atoms with van der Waals surface area (Å²) in [6.45, 7) is 0. The molecule has 0 radical (unpaired) electrons. The van der Waals surface area contributed by atoms with Gasteiger partial charge in [-0.25, -0.2) is 9.97 Å². The summed E-state index contributed by atoms with van der Waals surface area (Å²) in [7, 11) is -3.00. The van der Waals surface area contributed by atoms with Crippen molar-refractivity contribution in [1.82, 2.24) is 27.9 Å². The third kappa shape index (κ3) is 4.51. The maximum atomic E-state index is 5.23. The number of rotatable bonds is 6. The zero-order valence-corrected chi connectivity index (χ0v) is 31.8. The first-order valence-electron chi connectivity index (χ1n) is 19.4. The van der Waals surface area contributed by atoms with Crippen molar-refractivity contribution >= 4 is 84.5 Å². The highest BCUT2D eigenvalue weighted by atomic mass is 28.3. The maximum absolute atomic E-state index is 5.23. The molecule has 57 heavy (non-hydrogen) atoms. The second kappa shape index (κ2) is 12.3. The molecule has 0 aliphatic rings. The van der Waals surface area contributed by atoms with Crippen molar-refractivity contribution in [2.24, 2.45) is 0 Å². The Labute approximate surface area is 328 Å². The predicted molar refractivity (Wildman–Crippen MR) is 236 cm³/mol. The fourth-order valence-corrected chi connectivity index (χ4v) is 14.1. The van der Waals surface area contributed by atoms with Crippen LogP contribution >= 0.6 is 0 Å². The Hall–Kier alpha value is -7.48. The molecule has 6 nitrogen and oxygen atoms in total. The molecule has 4 aromatic heterocycles. The van der Waals surface area contributed by atoms with Crippen LogP contribution in [0.5, 0.6) is 0 Å². The lowest BCUT2D eigenvalue weighted by atomic mass is 10.2. The molecule has 4 heterocycles. The van der Waals surface area contributed by atoms with Crippen molar-refractivity contribution in [1.29, 1.82) is 0 Å². The van der Waals surface area contributed by atoms with E-state index in [1.807, 2.05) is 0 Å². The van der Waals surface area contributed by atoms with Crippen molar-refractivity contribution in [2.45, 2.75) is 0 Å². The Bertz CT molecular complexity index is 3250. The van der Waals surface area contributed by atoms with Gasteiger partial charge < -0.3 is 0 Å². The summed E-state index contributed by atoms with van der Waals surface area (Å²) in [5.74, 6) is 1.80. The average molecular weight is 747 g/mol. The average Bonchev–Trinajstić information content (AvgIpc) is 4.01. The first-order valence-corrected chi connectivity index (χ1v) is 21.4. The molecule has 0 saturated carbocycles.